The van der Waals surface area contributed by atoms with E-state index >= 15 is 0 Å². The fourth-order valence-corrected chi connectivity index (χ4v) is 3.70. The summed E-state index contributed by atoms with van der Waals surface area (Å²) in [4.78, 5) is 25.4. The number of aromatic nitrogens is 1. The van der Waals surface area contributed by atoms with Crippen LogP contribution in [0.3, 0.4) is 0 Å². The Balaban J connectivity index is 1.56. The molecule has 0 radical (unpaired) electrons. The average Bonchev–Trinajstić information content (AvgIpc) is 3.21. The monoisotopic (exact) mass is 464 g/mol. The van der Waals surface area contributed by atoms with Crippen LogP contribution in [0.5, 0.6) is 5.75 Å². The van der Waals surface area contributed by atoms with Gasteiger partial charge in [0.1, 0.15) is 23.9 Å². The van der Waals surface area contributed by atoms with E-state index in [0.717, 1.165) is 10.9 Å². The normalized spacial score (nSPS) is 11.0. The van der Waals surface area contributed by atoms with Gasteiger partial charge in [-0.15, -0.1) is 0 Å². The maximum atomic E-state index is 12.8. The second-order valence-corrected chi connectivity index (χ2v) is 7.73. The van der Waals surface area contributed by atoms with Gasteiger partial charge in [-0.2, -0.15) is 5.26 Å². The largest absolute Gasteiger partial charge is 0.494 e. The molecular formula is C28H24N4O3. The lowest BCUT2D eigenvalue weighted by molar-refractivity contribution is -0.116. The molecule has 7 heteroatoms. The third-order valence-corrected chi connectivity index (χ3v) is 5.28. The number of nitrogens with one attached hydrogen (secondary N) is 2. The maximum absolute atomic E-state index is 12.8. The Morgan fingerprint density at radius 3 is 2.34 bits per heavy atom. The fraction of sp³-hybridized carbons (Fsp3) is 0.107. The number of nitrogens with zero attached hydrogens (tertiary/aromatic N) is 2. The molecule has 3 aromatic carbocycles. The molecule has 0 unspecified atom stereocenters. The summed E-state index contributed by atoms with van der Waals surface area (Å²) < 4.78 is 7.21. The van der Waals surface area contributed by atoms with Crippen molar-refractivity contribution in [2.75, 3.05) is 17.2 Å². The fourth-order valence-electron chi connectivity index (χ4n) is 3.70. The number of anilines is 2. The molecule has 2 amide bonds. The number of rotatable bonds is 8. The van der Waals surface area contributed by atoms with Crippen molar-refractivity contribution in [1.29, 1.82) is 5.26 Å². The number of carbonyl (C=O) groups excluding carboxylic acids is 2. The predicted molar refractivity (Wildman–Crippen MR) is 137 cm³/mol. The van der Waals surface area contributed by atoms with Gasteiger partial charge in [-0.25, -0.2) is 0 Å². The van der Waals surface area contributed by atoms with Crippen molar-refractivity contribution in [3.63, 3.8) is 0 Å². The second kappa shape index (κ2) is 10.9. The number of fused-ring (bicyclic) bond motifs is 1. The first-order valence-electron chi connectivity index (χ1n) is 11.2. The molecule has 35 heavy (non-hydrogen) atoms. The van der Waals surface area contributed by atoms with Gasteiger partial charge in [0.05, 0.1) is 6.61 Å². The molecule has 174 valence electrons. The molecular weight excluding hydrogens is 440 g/mol. The summed E-state index contributed by atoms with van der Waals surface area (Å²) in [5.74, 6) is 0.00204. The molecule has 0 atom stereocenters. The Morgan fingerprint density at radius 1 is 0.943 bits per heavy atom. The third kappa shape index (κ3) is 5.75. The number of amides is 2. The van der Waals surface area contributed by atoms with Gasteiger partial charge in [0.15, 0.2) is 0 Å². The van der Waals surface area contributed by atoms with E-state index < -0.39 is 5.91 Å². The van der Waals surface area contributed by atoms with E-state index in [2.05, 4.69) is 10.6 Å². The zero-order valence-electron chi connectivity index (χ0n) is 19.2. The quantitative estimate of drug-likeness (QED) is 0.276. The van der Waals surface area contributed by atoms with Gasteiger partial charge in [0.25, 0.3) is 5.91 Å². The maximum Gasteiger partial charge on any atom is 0.266 e. The number of carbonyl (C=O) groups is 2. The van der Waals surface area contributed by atoms with Crippen LogP contribution >= 0.6 is 0 Å². The van der Waals surface area contributed by atoms with Crippen molar-refractivity contribution in [2.24, 2.45) is 0 Å². The minimum Gasteiger partial charge on any atom is -0.494 e. The molecule has 2 N–H and O–H groups in total. The molecule has 0 spiro atoms. The molecule has 1 aromatic heterocycles. The van der Waals surface area contributed by atoms with E-state index in [1.54, 1.807) is 35.0 Å². The smallest absolute Gasteiger partial charge is 0.266 e. The molecule has 0 aliphatic carbocycles. The van der Waals surface area contributed by atoms with Crippen LogP contribution < -0.4 is 15.4 Å². The summed E-state index contributed by atoms with van der Waals surface area (Å²) in [6.07, 6.45) is 3.31. The van der Waals surface area contributed by atoms with Gasteiger partial charge in [-0.1, -0.05) is 36.4 Å². The molecule has 0 aliphatic rings. The highest BCUT2D eigenvalue weighted by Crippen LogP contribution is 2.24. The van der Waals surface area contributed by atoms with Gasteiger partial charge >= 0.3 is 0 Å². The molecule has 0 bridgehead atoms. The molecule has 0 saturated carbocycles. The zero-order chi connectivity index (χ0) is 24.6. The third-order valence-electron chi connectivity index (χ3n) is 5.28. The van der Waals surface area contributed by atoms with Crippen molar-refractivity contribution in [3.05, 3.63) is 96.2 Å². The second-order valence-electron chi connectivity index (χ2n) is 7.73. The van der Waals surface area contributed by atoms with Crippen molar-refractivity contribution < 1.29 is 14.3 Å². The summed E-state index contributed by atoms with van der Waals surface area (Å²) in [5, 5.41) is 16.1. The van der Waals surface area contributed by atoms with Gasteiger partial charge in [-0.05, 0) is 55.5 Å². The van der Waals surface area contributed by atoms with Gasteiger partial charge in [0, 0.05) is 34.0 Å². The van der Waals surface area contributed by atoms with Crippen LogP contribution in [0.15, 0.2) is 90.6 Å². The lowest BCUT2D eigenvalue weighted by Crippen LogP contribution is -2.18. The van der Waals surface area contributed by atoms with E-state index in [4.69, 9.17) is 4.74 Å². The van der Waals surface area contributed by atoms with E-state index in [9.17, 15) is 14.9 Å². The Morgan fingerprint density at radius 2 is 1.63 bits per heavy atom. The van der Waals surface area contributed by atoms with Crippen molar-refractivity contribution in [2.45, 2.75) is 13.5 Å². The Labute approximate surface area is 203 Å². The lowest BCUT2D eigenvalue weighted by Gasteiger charge is -2.07. The molecule has 0 aliphatic heterocycles. The topological polar surface area (TPSA) is 96.2 Å². The Bertz CT molecular complexity index is 1410. The number of ether oxygens (including phenoxy) is 1. The molecule has 0 saturated heterocycles. The molecule has 7 nitrogen and oxygen atoms in total. The average molecular weight is 465 g/mol. The highest BCUT2D eigenvalue weighted by molar-refractivity contribution is 6.10. The van der Waals surface area contributed by atoms with Crippen LogP contribution in [0.25, 0.3) is 17.0 Å². The Hall–Kier alpha value is -4.83. The van der Waals surface area contributed by atoms with Crippen LogP contribution in [0.2, 0.25) is 0 Å². The Kier molecular flexibility index (Phi) is 7.24. The highest BCUT2D eigenvalue weighted by Gasteiger charge is 2.14. The van der Waals surface area contributed by atoms with Gasteiger partial charge in [-0.3, -0.25) is 9.59 Å². The minimum absolute atomic E-state index is 0.0458. The summed E-state index contributed by atoms with van der Waals surface area (Å²) in [6.45, 7) is 2.53. The molecule has 4 rings (SSSR count). The first kappa shape index (κ1) is 23.3. The molecule has 0 fully saturated rings. The van der Waals surface area contributed by atoms with Crippen LogP contribution in [-0.2, 0) is 16.1 Å². The first-order valence-corrected chi connectivity index (χ1v) is 11.2. The summed E-state index contributed by atoms with van der Waals surface area (Å²) >= 11 is 0. The SMILES string of the molecule is CCOc1ccc(NC(=O)C(C#N)=Cc2cn(CC(=O)Nc3ccccc3)c3ccccc23)cc1. The number of benzene rings is 3. The number of hydrogen-bond donors (Lipinski definition) is 2. The number of hydrogen-bond acceptors (Lipinski definition) is 4. The summed E-state index contributed by atoms with van der Waals surface area (Å²) in [5.41, 5.74) is 2.72. The highest BCUT2D eigenvalue weighted by atomic mass is 16.5. The summed E-state index contributed by atoms with van der Waals surface area (Å²) in [6, 6.07) is 25.7. The van der Waals surface area contributed by atoms with Crippen LogP contribution in [0.1, 0.15) is 12.5 Å². The molecule has 4 aromatic rings. The van der Waals surface area contributed by atoms with E-state index in [0.29, 0.717) is 29.3 Å². The predicted octanol–water partition coefficient (Wildman–Crippen LogP) is 5.22. The van der Waals surface area contributed by atoms with Gasteiger partial charge < -0.3 is 19.9 Å². The van der Waals surface area contributed by atoms with Gasteiger partial charge in [0.2, 0.25) is 5.91 Å². The number of para-hydroxylation sites is 2. The van der Waals surface area contributed by atoms with E-state index in [1.807, 2.05) is 67.6 Å². The van der Waals surface area contributed by atoms with Crippen LogP contribution in [0, 0.1) is 11.3 Å². The van der Waals surface area contributed by atoms with Crippen LogP contribution in [0.4, 0.5) is 11.4 Å². The first-order chi connectivity index (χ1) is 17.1. The lowest BCUT2D eigenvalue weighted by atomic mass is 10.1. The van der Waals surface area contributed by atoms with Crippen molar-refractivity contribution in [3.8, 4) is 11.8 Å². The number of nitriles is 1. The molecule has 1 heterocycles. The minimum atomic E-state index is -0.518. The summed E-state index contributed by atoms with van der Waals surface area (Å²) in [7, 11) is 0. The van der Waals surface area contributed by atoms with Crippen molar-refractivity contribution in [1.82, 2.24) is 4.57 Å². The van der Waals surface area contributed by atoms with Crippen LogP contribution in [-0.4, -0.2) is 23.0 Å². The van der Waals surface area contributed by atoms with E-state index in [-0.39, 0.29) is 18.0 Å². The zero-order valence-corrected chi connectivity index (χ0v) is 19.2. The van der Waals surface area contributed by atoms with E-state index in [1.165, 1.54) is 6.08 Å². The van der Waals surface area contributed by atoms with Crippen molar-refractivity contribution >= 4 is 40.2 Å². The standard InChI is InChI=1S/C28H24N4O3/c1-2-35-24-14-12-23(13-15-24)31-28(34)20(17-29)16-21-18-32(26-11-7-6-10-25(21)26)19-27(33)30-22-8-4-3-5-9-22/h3-16,18H,2,19H2,1H3,(H,30,33)(H,31,34).